The quantitative estimate of drug-likeness (QED) is 0.782. The van der Waals surface area contributed by atoms with Crippen LogP contribution >= 0.6 is 0 Å². The highest BCUT2D eigenvalue weighted by molar-refractivity contribution is 5.91. The molecule has 0 aromatic heterocycles. The molecule has 1 amide bonds. The number of carbonyl (C=O) groups excluding carboxylic acids is 1. The van der Waals surface area contributed by atoms with Crippen molar-refractivity contribution < 1.29 is 9.90 Å². The Morgan fingerprint density at radius 1 is 1.41 bits per heavy atom. The summed E-state index contributed by atoms with van der Waals surface area (Å²) in [6.07, 6.45) is 6.90. The smallest absolute Gasteiger partial charge is 0.224 e. The fraction of sp³-hybridized carbons (Fsp3) is 0.357. The van der Waals surface area contributed by atoms with Gasteiger partial charge in [0.05, 0.1) is 6.61 Å². The summed E-state index contributed by atoms with van der Waals surface area (Å²) in [4.78, 5) is 11.8. The maximum atomic E-state index is 11.8. The lowest BCUT2D eigenvalue weighted by Crippen LogP contribution is -2.15. The van der Waals surface area contributed by atoms with Crippen LogP contribution < -0.4 is 5.32 Å². The Kier molecular flexibility index (Phi) is 3.94. The number of para-hydroxylation sites is 1. The molecule has 1 atom stereocenters. The minimum Gasteiger partial charge on any atom is -0.392 e. The predicted octanol–water partition coefficient (Wildman–Crippen LogP) is 2.47. The number of anilines is 1. The minimum atomic E-state index is -0.0558. The SMILES string of the molecule is O=C(CC1C=CCC1)Nc1ccccc1CO. The van der Waals surface area contributed by atoms with Gasteiger partial charge >= 0.3 is 0 Å². The normalized spacial score (nSPS) is 18.3. The molecule has 0 bridgehead atoms. The zero-order valence-electron chi connectivity index (χ0n) is 9.73. The number of amides is 1. The van der Waals surface area contributed by atoms with E-state index in [1.54, 1.807) is 0 Å². The van der Waals surface area contributed by atoms with E-state index in [1.807, 2.05) is 24.3 Å². The van der Waals surface area contributed by atoms with Gasteiger partial charge < -0.3 is 10.4 Å². The fourth-order valence-electron chi connectivity index (χ4n) is 2.08. The maximum absolute atomic E-state index is 11.8. The van der Waals surface area contributed by atoms with E-state index in [4.69, 9.17) is 5.11 Å². The standard InChI is InChI=1S/C14H17NO2/c16-10-12-7-3-4-8-13(12)15-14(17)9-11-5-1-2-6-11/h1,3-5,7-8,11,16H,2,6,9-10H2,(H,15,17). The highest BCUT2D eigenvalue weighted by atomic mass is 16.3. The van der Waals surface area contributed by atoms with Crippen LogP contribution in [-0.2, 0) is 11.4 Å². The number of benzene rings is 1. The lowest BCUT2D eigenvalue weighted by molar-refractivity contribution is -0.116. The average Bonchev–Trinajstić information content (AvgIpc) is 2.82. The molecule has 1 aromatic carbocycles. The van der Waals surface area contributed by atoms with Crippen molar-refractivity contribution in [3.8, 4) is 0 Å². The van der Waals surface area contributed by atoms with Gasteiger partial charge in [0.1, 0.15) is 0 Å². The number of nitrogens with one attached hydrogen (secondary N) is 1. The Morgan fingerprint density at radius 2 is 2.24 bits per heavy atom. The number of rotatable bonds is 4. The number of aliphatic hydroxyl groups is 1. The number of hydrogen-bond donors (Lipinski definition) is 2. The molecule has 0 radical (unpaired) electrons. The first kappa shape index (κ1) is 11.9. The molecule has 0 saturated heterocycles. The van der Waals surface area contributed by atoms with Gasteiger partial charge in [-0.3, -0.25) is 4.79 Å². The number of carbonyl (C=O) groups is 1. The molecule has 3 heteroatoms. The molecule has 17 heavy (non-hydrogen) atoms. The van der Waals surface area contributed by atoms with Gasteiger partial charge in [-0.2, -0.15) is 0 Å². The largest absolute Gasteiger partial charge is 0.392 e. The van der Waals surface area contributed by atoms with Gasteiger partial charge in [0.15, 0.2) is 0 Å². The van der Waals surface area contributed by atoms with Crippen LogP contribution in [0.25, 0.3) is 0 Å². The van der Waals surface area contributed by atoms with Crippen molar-refractivity contribution in [2.75, 3.05) is 5.32 Å². The fourth-order valence-corrected chi connectivity index (χ4v) is 2.08. The van der Waals surface area contributed by atoms with E-state index in [-0.39, 0.29) is 12.5 Å². The third kappa shape index (κ3) is 3.17. The van der Waals surface area contributed by atoms with Crippen LogP contribution in [-0.4, -0.2) is 11.0 Å². The summed E-state index contributed by atoms with van der Waals surface area (Å²) in [5.41, 5.74) is 1.46. The molecule has 2 rings (SSSR count). The number of hydrogen-bond acceptors (Lipinski definition) is 2. The lowest BCUT2D eigenvalue weighted by Gasteiger charge is -2.11. The molecule has 0 saturated carbocycles. The molecular formula is C14H17NO2. The van der Waals surface area contributed by atoms with Crippen LogP contribution in [0, 0.1) is 5.92 Å². The molecule has 1 aliphatic carbocycles. The number of allylic oxidation sites excluding steroid dienone is 2. The second-order valence-corrected chi connectivity index (χ2v) is 4.33. The second-order valence-electron chi connectivity index (χ2n) is 4.33. The van der Waals surface area contributed by atoms with Crippen LogP contribution in [0.3, 0.4) is 0 Å². The van der Waals surface area contributed by atoms with Gasteiger partial charge in [0.25, 0.3) is 0 Å². The van der Waals surface area contributed by atoms with Crippen molar-refractivity contribution in [3.63, 3.8) is 0 Å². The molecule has 0 fully saturated rings. The van der Waals surface area contributed by atoms with Crippen LogP contribution in [0.4, 0.5) is 5.69 Å². The van der Waals surface area contributed by atoms with Crippen molar-refractivity contribution in [2.24, 2.45) is 5.92 Å². The van der Waals surface area contributed by atoms with Crippen LogP contribution in [0.1, 0.15) is 24.8 Å². The second kappa shape index (κ2) is 5.64. The van der Waals surface area contributed by atoms with E-state index in [0.717, 1.165) is 18.4 Å². The molecular weight excluding hydrogens is 214 g/mol. The third-order valence-corrected chi connectivity index (χ3v) is 3.02. The van der Waals surface area contributed by atoms with Gasteiger partial charge in [-0.1, -0.05) is 30.4 Å². The summed E-state index contributed by atoms with van der Waals surface area (Å²) >= 11 is 0. The van der Waals surface area contributed by atoms with Gasteiger partial charge in [-0.15, -0.1) is 0 Å². The van der Waals surface area contributed by atoms with Crippen LogP contribution in [0.2, 0.25) is 0 Å². The Balaban J connectivity index is 1.95. The Labute approximate surface area is 101 Å². The average molecular weight is 231 g/mol. The molecule has 0 heterocycles. The van der Waals surface area contributed by atoms with Crippen molar-refractivity contribution in [1.29, 1.82) is 0 Å². The molecule has 90 valence electrons. The summed E-state index contributed by atoms with van der Waals surface area (Å²) in [6, 6.07) is 7.32. The Morgan fingerprint density at radius 3 is 2.94 bits per heavy atom. The monoisotopic (exact) mass is 231 g/mol. The highest BCUT2D eigenvalue weighted by Crippen LogP contribution is 2.22. The predicted molar refractivity (Wildman–Crippen MR) is 67.5 cm³/mol. The molecule has 1 aromatic rings. The van der Waals surface area contributed by atoms with Gasteiger partial charge in [-0.25, -0.2) is 0 Å². The van der Waals surface area contributed by atoms with Crippen molar-refractivity contribution in [1.82, 2.24) is 0 Å². The molecule has 1 aliphatic rings. The summed E-state index contributed by atoms with van der Waals surface area (Å²) in [6.45, 7) is -0.0558. The van der Waals surface area contributed by atoms with Gasteiger partial charge in [0.2, 0.25) is 5.91 Å². The number of aliphatic hydroxyl groups excluding tert-OH is 1. The van der Waals surface area contributed by atoms with E-state index in [1.165, 1.54) is 0 Å². The first-order valence-electron chi connectivity index (χ1n) is 5.95. The Hall–Kier alpha value is -1.61. The third-order valence-electron chi connectivity index (χ3n) is 3.02. The zero-order chi connectivity index (χ0) is 12.1. The van der Waals surface area contributed by atoms with Gasteiger partial charge in [0, 0.05) is 17.7 Å². The molecule has 0 spiro atoms. The van der Waals surface area contributed by atoms with Crippen molar-refractivity contribution in [3.05, 3.63) is 42.0 Å². The van der Waals surface area contributed by atoms with E-state index in [0.29, 0.717) is 18.0 Å². The molecule has 3 nitrogen and oxygen atoms in total. The Bertz CT molecular complexity index is 426. The maximum Gasteiger partial charge on any atom is 0.224 e. The topological polar surface area (TPSA) is 49.3 Å². The van der Waals surface area contributed by atoms with Crippen molar-refractivity contribution >= 4 is 11.6 Å². The first-order valence-corrected chi connectivity index (χ1v) is 5.95. The van der Waals surface area contributed by atoms with Crippen LogP contribution in [0.5, 0.6) is 0 Å². The summed E-state index contributed by atoms with van der Waals surface area (Å²) in [5.74, 6) is 0.388. The van der Waals surface area contributed by atoms with Gasteiger partial charge in [-0.05, 0) is 24.8 Å². The van der Waals surface area contributed by atoms with E-state index >= 15 is 0 Å². The summed E-state index contributed by atoms with van der Waals surface area (Å²) in [7, 11) is 0. The molecule has 1 unspecified atom stereocenters. The van der Waals surface area contributed by atoms with E-state index in [9.17, 15) is 4.79 Å². The van der Waals surface area contributed by atoms with Crippen LogP contribution in [0.15, 0.2) is 36.4 Å². The summed E-state index contributed by atoms with van der Waals surface area (Å²) in [5, 5.41) is 12.0. The van der Waals surface area contributed by atoms with E-state index in [2.05, 4.69) is 17.5 Å². The first-order chi connectivity index (χ1) is 8.29. The minimum absolute atomic E-state index is 0.0162. The lowest BCUT2D eigenvalue weighted by atomic mass is 10.0. The van der Waals surface area contributed by atoms with E-state index < -0.39 is 0 Å². The molecule has 0 aliphatic heterocycles. The summed E-state index contributed by atoms with van der Waals surface area (Å²) < 4.78 is 0. The zero-order valence-corrected chi connectivity index (χ0v) is 9.73. The van der Waals surface area contributed by atoms with Crippen molar-refractivity contribution in [2.45, 2.75) is 25.9 Å². The highest BCUT2D eigenvalue weighted by Gasteiger charge is 2.14. The molecule has 2 N–H and O–H groups in total.